The first-order valence-electron chi connectivity index (χ1n) is 8.97. The molecule has 1 saturated carbocycles. The number of nitrogens with one attached hydrogen (secondary N) is 1. The van der Waals surface area contributed by atoms with E-state index in [1.807, 2.05) is 0 Å². The van der Waals surface area contributed by atoms with Gasteiger partial charge >= 0.3 is 0 Å². The van der Waals surface area contributed by atoms with Crippen LogP contribution in [0.15, 0.2) is 18.2 Å². The van der Waals surface area contributed by atoms with Crippen LogP contribution in [-0.4, -0.2) is 6.54 Å². The molecule has 1 aromatic rings. The minimum absolute atomic E-state index is 0.462. The van der Waals surface area contributed by atoms with E-state index < -0.39 is 0 Å². The highest BCUT2D eigenvalue weighted by atomic mass is 14.9. The van der Waals surface area contributed by atoms with Crippen LogP contribution in [0.1, 0.15) is 75.6 Å². The Kier molecular flexibility index (Phi) is 4.40. The standard InChI is InChI=1S/C20H31N/c1-4-21-19(18-10-5-6-13-20(18,2)3)17-12-11-15-8-7-9-16(15)14-17/h11-12,14,18-19,21H,4-10,13H2,1-3H3. The fourth-order valence-electron chi connectivity index (χ4n) is 4.64. The van der Waals surface area contributed by atoms with E-state index in [2.05, 4.69) is 44.3 Å². The van der Waals surface area contributed by atoms with Gasteiger partial charge in [0.15, 0.2) is 0 Å². The van der Waals surface area contributed by atoms with E-state index in [9.17, 15) is 0 Å². The zero-order chi connectivity index (χ0) is 14.9. The molecule has 2 atom stereocenters. The molecule has 0 amide bonds. The minimum atomic E-state index is 0.462. The lowest BCUT2D eigenvalue weighted by Crippen LogP contribution is -2.39. The molecular weight excluding hydrogens is 254 g/mol. The average Bonchev–Trinajstić information content (AvgIpc) is 2.92. The van der Waals surface area contributed by atoms with E-state index in [1.165, 1.54) is 50.5 Å². The summed E-state index contributed by atoms with van der Waals surface area (Å²) in [4.78, 5) is 0. The highest BCUT2D eigenvalue weighted by Gasteiger charge is 2.38. The molecule has 2 unspecified atom stereocenters. The summed E-state index contributed by atoms with van der Waals surface area (Å²) in [5, 5.41) is 3.82. The van der Waals surface area contributed by atoms with Crippen molar-refractivity contribution in [2.75, 3.05) is 6.54 Å². The topological polar surface area (TPSA) is 12.0 Å². The monoisotopic (exact) mass is 285 g/mol. The number of benzene rings is 1. The van der Waals surface area contributed by atoms with Crippen LogP contribution in [0.4, 0.5) is 0 Å². The zero-order valence-corrected chi connectivity index (χ0v) is 14.0. The van der Waals surface area contributed by atoms with Gasteiger partial charge in [0.05, 0.1) is 0 Å². The quantitative estimate of drug-likeness (QED) is 0.817. The first-order valence-corrected chi connectivity index (χ1v) is 8.97. The van der Waals surface area contributed by atoms with Gasteiger partial charge in [-0.25, -0.2) is 0 Å². The molecule has 1 aromatic carbocycles. The maximum absolute atomic E-state index is 3.82. The molecule has 0 saturated heterocycles. The van der Waals surface area contributed by atoms with Crippen LogP contribution in [0.5, 0.6) is 0 Å². The normalized spacial score (nSPS) is 25.6. The molecule has 1 N–H and O–H groups in total. The Morgan fingerprint density at radius 3 is 2.71 bits per heavy atom. The molecule has 21 heavy (non-hydrogen) atoms. The van der Waals surface area contributed by atoms with Crippen LogP contribution in [-0.2, 0) is 12.8 Å². The zero-order valence-electron chi connectivity index (χ0n) is 14.0. The van der Waals surface area contributed by atoms with Gasteiger partial charge in [-0.1, -0.05) is 51.8 Å². The summed E-state index contributed by atoms with van der Waals surface area (Å²) in [5.41, 5.74) is 5.21. The van der Waals surface area contributed by atoms with Gasteiger partial charge in [0.2, 0.25) is 0 Å². The molecule has 3 rings (SSSR count). The van der Waals surface area contributed by atoms with Crippen LogP contribution < -0.4 is 5.32 Å². The number of rotatable bonds is 4. The molecule has 0 aliphatic heterocycles. The molecule has 1 heteroatoms. The molecule has 1 fully saturated rings. The minimum Gasteiger partial charge on any atom is -0.310 e. The number of fused-ring (bicyclic) bond motifs is 1. The van der Waals surface area contributed by atoms with E-state index in [-0.39, 0.29) is 0 Å². The summed E-state index contributed by atoms with van der Waals surface area (Å²) in [6.45, 7) is 8.27. The average molecular weight is 285 g/mol. The van der Waals surface area contributed by atoms with Crippen molar-refractivity contribution in [3.05, 3.63) is 34.9 Å². The third kappa shape index (κ3) is 3.04. The lowest BCUT2D eigenvalue weighted by atomic mass is 9.64. The van der Waals surface area contributed by atoms with Crippen LogP contribution in [0, 0.1) is 11.3 Å². The second-order valence-corrected chi connectivity index (χ2v) is 7.76. The van der Waals surface area contributed by atoms with Crippen molar-refractivity contribution < 1.29 is 0 Å². The van der Waals surface area contributed by atoms with Crippen LogP contribution in [0.25, 0.3) is 0 Å². The molecule has 2 aliphatic rings. The molecule has 2 aliphatic carbocycles. The fraction of sp³-hybridized carbons (Fsp3) is 0.700. The summed E-state index contributed by atoms with van der Waals surface area (Å²) < 4.78 is 0. The van der Waals surface area contributed by atoms with E-state index in [0.29, 0.717) is 11.5 Å². The van der Waals surface area contributed by atoms with Gasteiger partial charge < -0.3 is 5.32 Å². The first kappa shape index (κ1) is 15.1. The summed E-state index contributed by atoms with van der Waals surface area (Å²) >= 11 is 0. The Morgan fingerprint density at radius 2 is 1.95 bits per heavy atom. The maximum Gasteiger partial charge on any atom is 0.0353 e. The number of hydrogen-bond donors (Lipinski definition) is 1. The Morgan fingerprint density at radius 1 is 1.14 bits per heavy atom. The molecule has 0 bridgehead atoms. The third-order valence-electron chi connectivity index (χ3n) is 5.90. The highest BCUT2D eigenvalue weighted by molar-refractivity contribution is 5.37. The van der Waals surface area contributed by atoms with Crippen molar-refractivity contribution in [1.29, 1.82) is 0 Å². The maximum atomic E-state index is 3.82. The molecule has 0 spiro atoms. The Hall–Kier alpha value is -0.820. The van der Waals surface area contributed by atoms with Gasteiger partial charge in [0, 0.05) is 6.04 Å². The second kappa shape index (κ2) is 6.12. The number of aryl methyl sites for hydroxylation is 2. The molecule has 1 nitrogen and oxygen atoms in total. The Labute approximate surface area is 130 Å². The van der Waals surface area contributed by atoms with E-state index in [1.54, 1.807) is 11.1 Å². The van der Waals surface area contributed by atoms with Gasteiger partial charge in [0.25, 0.3) is 0 Å². The predicted molar refractivity (Wildman–Crippen MR) is 90.6 cm³/mol. The lowest BCUT2D eigenvalue weighted by molar-refractivity contribution is 0.0988. The Bertz CT molecular complexity index is 489. The van der Waals surface area contributed by atoms with E-state index in [0.717, 1.165) is 12.5 Å². The van der Waals surface area contributed by atoms with E-state index in [4.69, 9.17) is 0 Å². The largest absolute Gasteiger partial charge is 0.310 e. The van der Waals surface area contributed by atoms with Gasteiger partial charge in [-0.2, -0.15) is 0 Å². The smallest absolute Gasteiger partial charge is 0.0353 e. The fourth-order valence-corrected chi connectivity index (χ4v) is 4.64. The summed E-state index contributed by atoms with van der Waals surface area (Å²) in [5.74, 6) is 0.769. The molecule has 0 heterocycles. The van der Waals surface area contributed by atoms with E-state index >= 15 is 0 Å². The first-order chi connectivity index (χ1) is 10.1. The van der Waals surface area contributed by atoms with Gasteiger partial charge in [-0.05, 0) is 66.7 Å². The summed E-state index contributed by atoms with van der Waals surface area (Å²) in [6, 6.07) is 7.86. The van der Waals surface area contributed by atoms with Gasteiger partial charge in [-0.15, -0.1) is 0 Å². The van der Waals surface area contributed by atoms with Crippen molar-refractivity contribution in [1.82, 2.24) is 5.32 Å². The van der Waals surface area contributed by atoms with Crippen molar-refractivity contribution in [2.24, 2.45) is 11.3 Å². The highest BCUT2D eigenvalue weighted by Crippen LogP contribution is 2.47. The number of hydrogen-bond acceptors (Lipinski definition) is 1. The van der Waals surface area contributed by atoms with Crippen molar-refractivity contribution >= 4 is 0 Å². The van der Waals surface area contributed by atoms with Gasteiger partial charge in [-0.3, -0.25) is 0 Å². The van der Waals surface area contributed by atoms with Crippen LogP contribution in [0.2, 0.25) is 0 Å². The van der Waals surface area contributed by atoms with Crippen LogP contribution in [0.3, 0.4) is 0 Å². The predicted octanol–water partition coefficient (Wildman–Crippen LogP) is 5.04. The third-order valence-corrected chi connectivity index (χ3v) is 5.90. The van der Waals surface area contributed by atoms with Crippen molar-refractivity contribution in [2.45, 2.75) is 71.8 Å². The van der Waals surface area contributed by atoms with Crippen molar-refractivity contribution in [3.63, 3.8) is 0 Å². The summed E-state index contributed by atoms with van der Waals surface area (Å²) in [7, 11) is 0. The molecule has 0 radical (unpaired) electrons. The summed E-state index contributed by atoms with van der Waals surface area (Å²) in [6.07, 6.45) is 9.49. The molecule has 116 valence electrons. The van der Waals surface area contributed by atoms with Gasteiger partial charge in [0.1, 0.15) is 0 Å². The lowest BCUT2D eigenvalue weighted by Gasteiger charge is -2.44. The van der Waals surface area contributed by atoms with Crippen LogP contribution >= 0.6 is 0 Å². The van der Waals surface area contributed by atoms with Crippen molar-refractivity contribution in [3.8, 4) is 0 Å². The Balaban J connectivity index is 1.90. The molecule has 0 aromatic heterocycles. The molecular formula is C20H31N. The SMILES string of the molecule is CCNC(c1ccc2c(c1)CCC2)C1CCCCC1(C)C. The second-order valence-electron chi connectivity index (χ2n) is 7.76.